The Bertz CT molecular complexity index is 1360. The summed E-state index contributed by atoms with van der Waals surface area (Å²) in [4.78, 5) is 40.6. The summed E-state index contributed by atoms with van der Waals surface area (Å²) >= 11 is 1.96. The standard InChI is InChI=1S/C24H20FN5O3S2/c25-15-8-4-9-16(12-15)30(24(33)21-18(26)19(22(27)31)29-35-21)20(17-10-5-11-34-17)23(32)28-13-14-6-2-1-3-7-14/h1-12,20H,13,26H2,(H2,27,31)(H,28,32)/t20-/m1/s1. The van der Waals surface area contributed by atoms with Crippen molar-refractivity contribution in [3.05, 3.63) is 98.9 Å². The van der Waals surface area contributed by atoms with Gasteiger partial charge in [0.05, 0.1) is 5.69 Å². The van der Waals surface area contributed by atoms with Crippen LogP contribution in [0.3, 0.4) is 0 Å². The molecule has 2 heterocycles. The molecular weight excluding hydrogens is 489 g/mol. The van der Waals surface area contributed by atoms with Crippen LogP contribution in [-0.4, -0.2) is 22.1 Å². The van der Waals surface area contributed by atoms with Crippen LogP contribution in [0.25, 0.3) is 0 Å². The van der Waals surface area contributed by atoms with Crippen LogP contribution in [0.1, 0.15) is 36.6 Å². The Morgan fingerprint density at radius 3 is 2.46 bits per heavy atom. The molecule has 0 aliphatic rings. The number of nitrogens with two attached hydrogens (primary N) is 2. The highest BCUT2D eigenvalue weighted by Crippen LogP contribution is 2.35. The number of hydrogen-bond donors (Lipinski definition) is 3. The van der Waals surface area contributed by atoms with Crippen molar-refractivity contribution in [2.24, 2.45) is 5.73 Å². The Labute approximate surface area is 208 Å². The Balaban J connectivity index is 1.78. The fourth-order valence-corrected chi connectivity index (χ4v) is 5.01. The largest absolute Gasteiger partial charge is 0.395 e. The maximum atomic E-state index is 14.2. The van der Waals surface area contributed by atoms with Gasteiger partial charge in [-0.3, -0.25) is 19.3 Å². The smallest absolute Gasteiger partial charge is 0.273 e. The second-order valence-corrected chi connectivity index (χ2v) is 9.17. The number of nitrogens with zero attached hydrogens (tertiary/aromatic N) is 2. The number of carbonyl (C=O) groups is 3. The quantitative estimate of drug-likeness (QED) is 0.333. The number of carbonyl (C=O) groups excluding carboxylic acids is 3. The SMILES string of the molecule is NC(=O)c1nsc(C(=O)N(c2cccc(F)c2)[C@@H](C(=O)NCc2ccccc2)c2cccs2)c1N. The molecule has 0 saturated heterocycles. The molecule has 4 rings (SSSR count). The molecule has 0 unspecified atom stereocenters. The summed E-state index contributed by atoms with van der Waals surface area (Å²) in [6, 6.07) is 16.9. The van der Waals surface area contributed by atoms with Crippen molar-refractivity contribution in [2.45, 2.75) is 12.6 Å². The molecule has 5 N–H and O–H groups in total. The van der Waals surface area contributed by atoms with Gasteiger partial charge in [-0.15, -0.1) is 11.3 Å². The van der Waals surface area contributed by atoms with Gasteiger partial charge in [-0.2, -0.15) is 4.37 Å². The zero-order valence-electron chi connectivity index (χ0n) is 18.2. The number of nitrogens with one attached hydrogen (secondary N) is 1. The third-order valence-corrected chi connectivity index (χ3v) is 6.87. The Morgan fingerprint density at radius 1 is 1.06 bits per heavy atom. The summed E-state index contributed by atoms with van der Waals surface area (Å²) in [6.07, 6.45) is 0. The van der Waals surface area contributed by atoms with Gasteiger partial charge in [-0.1, -0.05) is 42.5 Å². The molecule has 11 heteroatoms. The summed E-state index contributed by atoms with van der Waals surface area (Å²) < 4.78 is 18.1. The minimum absolute atomic E-state index is 0.0829. The van der Waals surface area contributed by atoms with Crippen LogP contribution in [0, 0.1) is 5.82 Å². The van der Waals surface area contributed by atoms with E-state index >= 15 is 0 Å². The normalized spacial score (nSPS) is 11.6. The van der Waals surface area contributed by atoms with Gasteiger partial charge in [-0.25, -0.2) is 4.39 Å². The Hall–Kier alpha value is -4.09. The van der Waals surface area contributed by atoms with E-state index in [-0.39, 0.29) is 28.5 Å². The Morgan fingerprint density at radius 2 is 1.83 bits per heavy atom. The zero-order chi connectivity index (χ0) is 24.9. The van der Waals surface area contributed by atoms with Gasteiger partial charge in [-0.05, 0) is 46.7 Å². The number of thiophene rings is 1. The van der Waals surface area contributed by atoms with Crippen LogP contribution >= 0.6 is 22.9 Å². The van der Waals surface area contributed by atoms with Crippen LogP contribution in [-0.2, 0) is 11.3 Å². The van der Waals surface area contributed by atoms with Crippen molar-refractivity contribution < 1.29 is 18.8 Å². The molecule has 0 aliphatic carbocycles. The number of benzene rings is 2. The van der Waals surface area contributed by atoms with Crippen LogP contribution in [0.2, 0.25) is 0 Å². The molecule has 2 aromatic carbocycles. The number of aromatic nitrogens is 1. The monoisotopic (exact) mass is 509 g/mol. The lowest BCUT2D eigenvalue weighted by Gasteiger charge is -2.30. The van der Waals surface area contributed by atoms with Crippen molar-refractivity contribution >= 4 is 52.0 Å². The fourth-order valence-electron chi connectivity index (χ4n) is 3.45. The van der Waals surface area contributed by atoms with Crippen LogP contribution in [0.15, 0.2) is 72.1 Å². The van der Waals surface area contributed by atoms with Gasteiger partial charge in [0, 0.05) is 17.1 Å². The van der Waals surface area contributed by atoms with E-state index in [1.54, 1.807) is 17.5 Å². The predicted molar refractivity (Wildman–Crippen MR) is 134 cm³/mol. The third-order valence-electron chi connectivity index (χ3n) is 5.09. The molecular formula is C24H20FN5O3S2. The number of nitrogen functional groups attached to an aromatic ring is 1. The van der Waals surface area contributed by atoms with Crippen LogP contribution in [0.5, 0.6) is 0 Å². The first-order valence-electron chi connectivity index (χ1n) is 10.4. The van der Waals surface area contributed by atoms with Crippen molar-refractivity contribution in [1.29, 1.82) is 0 Å². The highest BCUT2D eigenvalue weighted by atomic mass is 32.1. The van der Waals surface area contributed by atoms with E-state index in [0.29, 0.717) is 16.4 Å². The predicted octanol–water partition coefficient (Wildman–Crippen LogP) is 3.73. The molecule has 8 nitrogen and oxygen atoms in total. The van der Waals surface area contributed by atoms with Crippen molar-refractivity contribution in [2.75, 3.05) is 10.6 Å². The van der Waals surface area contributed by atoms with E-state index in [2.05, 4.69) is 9.69 Å². The summed E-state index contributed by atoms with van der Waals surface area (Å²) in [7, 11) is 0. The molecule has 2 aromatic heterocycles. The molecule has 0 saturated carbocycles. The van der Waals surface area contributed by atoms with Gasteiger partial charge in [0.2, 0.25) is 5.91 Å². The van der Waals surface area contributed by atoms with E-state index in [9.17, 15) is 18.8 Å². The Kier molecular flexibility index (Phi) is 7.18. The van der Waals surface area contributed by atoms with Gasteiger partial charge in [0.1, 0.15) is 10.7 Å². The lowest BCUT2D eigenvalue weighted by molar-refractivity contribution is -0.122. The van der Waals surface area contributed by atoms with Crippen molar-refractivity contribution in [3.63, 3.8) is 0 Å². The van der Waals surface area contributed by atoms with Crippen molar-refractivity contribution in [3.8, 4) is 0 Å². The summed E-state index contributed by atoms with van der Waals surface area (Å²) in [5, 5.41) is 4.63. The first kappa shape index (κ1) is 24.0. The topological polar surface area (TPSA) is 131 Å². The fraction of sp³-hybridized carbons (Fsp3) is 0.0833. The van der Waals surface area contributed by atoms with E-state index in [1.807, 2.05) is 30.3 Å². The number of anilines is 2. The number of halogens is 1. The summed E-state index contributed by atoms with van der Waals surface area (Å²) in [6.45, 7) is 0.223. The zero-order valence-corrected chi connectivity index (χ0v) is 19.8. The lowest BCUT2D eigenvalue weighted by atomic mass is 10.1. The van der Waals surface area contributed by atoms with Gasteiger partial charge in [0.25, 0.3) is 11.8 Å². The van der Waals surface area contributed by atoms with Crippen LogP contribution in [0.4, 0.5) is 15.8 Å². The average Bonchev–Trinajstić information content (AvgIpc) is 3.51. The second-order valence-electron chi connectivity index (χ2n) is 7.41. The molecule has 0 radical (unpaired) electrons. The molecule has 0 spiro atoms. The van der Waals surface area contributed by atoms with E-state index in [0.717, 1.165) is 16.5 Å². The summed E-state index contributed by atoms with van der Waals surface area (Å²) in [5.41, 5.74) is 11.9. The molecule has 1 atom stereocenters. The molecule has 4 aromatic rings. The van der Waals surface area contributed by atoms with Crippen molar-refractivity contribution in [1.82, 2.24) is 9.69 Å². The molecule has 3 amide bonds. The first-order valence-corrected chi connectivity index (χ1v) is 12.0. The maximum Gasteiger partial charge on any atom is 0.273 e. The minimum atomic E-state index is -1.15. The molecule has 0 aliphatic heterocycles. The summed E-state index contributed by atoms with van der Waals surface area (Å²) in [5.74, 6) is -2.67. The van der Waals surface area contributed by atoms with E-state index < -0.39 is 29.6 Å². The van der Waals surface area contributed by atoms with Gasteiger partial charge >= 0.3 is 0 Å². The van der Waals surface area contributed by atoms with Gasteiger partial charge < -0.3 is 16.8 Å². The van der Waals surface area contributed by atoms with Gasteiger partial charge in [0.15, 0.2) is 11.7 Å². The molecule has 178 valence electrons. The maximum absolute atomic E-state index is 14.2. The highest BCUT2D eigenvalue weighted by Gasteiger charge is 2.36. The highest BCUT2D eigenvalue weighted by molar-refractivity contribution is 7.10. The third kappa shape index (κ3) is 5.20. The second kappa shape index (κ2) is 10.5. The first-order chi connectivity index (χ1) is 16.9. The molecule has 0 bridgehead atoms. The molecule has 35 heavy (non-hydrogen) atoms. The molecule has 0 fully saturated rings. The van der Waals surface area contributed by atoms with E-state index in [4.69, 9.17) is 11.5 Å². The average molecular weight is 510 g/mol. The number of amides is 3. The minimum Gasteiger partial charge on any atom is -0.395 e. The number of rotatable bonds is 8. The lowest BCUT2D eigenvalue weighted by Crippen LogP contribution is -2.43. The van der Waals surface area contributed by atoms with Crippen LogP contribution < -0.4 is 21.7 Å². The number of hydrogen-bond acceptors (Lipinski definition) is 7. The van der Waals surface area contributed by atoms with E-state index in [1.165, 1.54) is 29.5 Å². The number of primary amides is 1.